The summed E-state index contributed by atoms with van der Waals surface area (Å²) in [6.07, 6.45) is 52.9. The third kappa shape index (κ3) is 47.3. The normalized spacial score (nSPS) is 11.8. The monoisotopic (exact) mass is 835 g/mol. The van der Waals surface area contributed by atoms with Crippen LogP contribution in [-0.2, 0) is 28.6 Å². The summed E-state index contributed by atoms with van der Waals surface area (Å²) in [5.41, 5.74) is 0. The Labute approximate surface area is 368 Å². The van der Waals surface area contributed by atoms with Crippen molar-refractivity contribution >= 4 is 17.9 Å². The van der Waals surface area contributed by atoms with Crippen LogP contribution in [0.4, 0.5) is 0 Å². The molecule has 0 radical (unpaired) electrons. The van der Waals surface area contributed by atoms with E-state index < -0.39 is 6.10 Å². The predicted octanol–water partition coefficient (Wildman–Crippen LogP) is 17.2. The highest BCUT2D eigenvalue weighted by Crippen LogP contribution is 2.17. The smallest absolute Gasteiger partial charge is 0.306 e. The average Bonchev–Trinajstić information content (AvgIpc) is 3.23. The van der Waals surface area contributed by atoms with Crippen LogP contribution in [0.5, 0.6) is 0 Å². The first-order valence-electron chi connectivity index (χ1n) is 26.5. The van der Waals surface area contributed by atoms with Crippen molar-refractivity contribution in [3.05, 3.63) is 0 Å². The van der Waals surface area contributed by atoms with Gasteiger partial charge in [-0.05, 0) is 19.3 Å². The largest absolute Gasteiger partial charge is 0.462 e. The minimum Gasteiger partial charge on any atom is -0.462 e. The van der Waals surface area contributed by atoms with Crippen LogP contribution in [-0.4, -0.2) is 37.2 Å². The fourth-order valence-electron chi connectivity index (χ4n) is 8.09. The number of rotatable bonds is 49. The Morgan fingerprint density at radius 2 is 0.458 bits per heavy atom. The first kappa shape index (κ1) is 57.4. The second-order valence-electron chi connectivity index (χ2n) is 18.2. The minimum absolute atomic E-state index is 0.0634. The third-order valence-electron chi connectivity index (χ3n) is 12.1. The van der Waals surface area contributed by atoms with E-state index in [1.165, 1.54) is 199 Å². The Morgan fingerprint density at radius 1 is 0.271 bits per heavy atom. The zero-order valence-corrected chi connectivity index (χ0v) is 40.1. The third-order valence-corrected chi connectivity index (χ3v) is 12.1. The van der Waals surface area contributed by atoms with Crippen LogP contribution in [0.3, 0.4) is 0 Å². The van der Waals surface area contributed by atoms with E-state index in [4.69, 9.17) is 14.2 Å². The van der Waals surface area contributed by atoms with E-state index in [0.717, 1.165) is 64.2 Å². The SMILES string of the molecule is CCCCCCCCCCCCCCCCCCCCCCCCCCCC(=O)OCC(COC(=O)CCCCCCC)OC(=O)CCCCCCCCCCCCC. The molecule has 0 aromatic heterocycles. The van der Waals surface area contributed by atoms with Crippen LogP contribution in [0.1, 0.15) is 303 Å². The van der Waals surface area contributed by atoms with Crippen molar-refractivity contribution in [2.45, 2.75) is 309 Å². The topological polar surface area (TPSA) is 78.9 Å². The van der Waals surface area contributed by atoms with E-state index in [0.29, 0.717) is 19.3 Å². The van der Waals surface area contributed by atoms with Crippen LogP contribution >= 0.6 is 0 Å². The number of hydrogen-bond donors (Lipinski definition) is 0. The van der Waals surface area contributed by atoms with Gasteiger partial charge in [0.1, 0.15) is 13.2 Å². The molecule has 0 N–H and O–H groups in total. The van der Waals surface area contributed by atoms with Crippen molar-refractivity contribution in [1.29, 1.82) is 0 Å². The zero-order chi connectivity index (χ0) is 43.0. The van der Waals surface area contributed by atoms with Gasteiger partial charge >= 0.3 is 17.9 Å². The van der Waals surface area contributed by atoms with Gasteiger partial charge in [-0.3, -0.25) is 14.4 Å². The minimum atomic E-state index is -0.757. The number of carbonyl (C=O) groups is 3. The molecule has 0 rings (SSSR count). The quantitative estimate of drug-likeness (QED) is 0.0345. The maximum absolute atomic E-state index is 12.7. The van der Waals surface area contributed by atoms with Gasteiger partial charge in [-0.1, -0.05) is 265 Å². The molecule has 1 unspecified atom stereocenters. The van der Waals surface area contributed by atoms with Crippen molar-refractivity contribution in [3.63, 3.8) is 0 Å². The fraction of sp³-hybridized carbons (Fsp3) is 0.943. The Hall–Kier alpha value is -1.59. The lowest BCUT2D eigenvalue weighted by molar-refractivity contribution is -0.167. The molecule has 6 nitrogen and oxygen atoms in total. The van der Waals surface area contributed by atoms with E-state index in [-0.39, 0.29) is 31.1 Å². The number of unbranched alkanes of at least 4 members (excludes halogenated alkanes) is 38. The summed E-state index contributed by atoms with van der Waals surface area (Å²) >= 11 is 0. The van der Waals surface area contributed by atoms with Crippen molar-refractivity contribution in [2.75, 3.05) is 13.2 Å². The maximum atomic E-state index is 12.7. The molecular weight excluding hydrogens is 733 g/mol. The molecule has 0 aromatic carbocycles. The molecule has 0 saturated heterocycles. The van der Waals surface area contributed by atoms with Gasteiger partial charge in [0, 0.05) is 19.3 Å². The van der Waals surface area contributed by atoms with Crippen molar-refractivity contribution in [2.24, 2.45) is 0 Å². The molecule has 350 valence electrons. The van der Waals surface area contributed by atoms with Gasteiger partial charge in [0.15, 0.2) is 6.10 Å². The van der Waals surface area contributed by atoms with Gasteiger partial charge < -0.3 is 14.2 Å². The highest BCUT2D eigenvalue weighted by molar-refractivity contribution is 5.71. The van der Waals surface area contributed by atoms with E-state index in [2.05, 4.69) is 20.8 Å². The van der Waals surface area contributed by atoms with E-state index in [9.17, 15) is 14.4 Å². The molecule has 0 aliphatic heterocycles. The summed E-state index contributed by atoms with van der Waals surface area (Å²) in [5, 5.41) is 0. The lowest BCUT2D eigenvalue weighted by Crippen LogP contribution is -2.30. The Balaban J connectivity index is 3.94. The summed E-state index contributed by atoms with van der Waals surface area (Å²) in [6.45, 7) is 6.59. The summed E-state index contributed by atoms with van der Waals surface area (Å²) < 4.78 is 16.7. The van der Waals surface area contributed by atoms with Gasteiger partial charge in [-0.15, -0.1) is 0 Å². The lowest BCUT2D eigenvalue weighted by atomic mass is 10.0. The van der Waals surface area contributed by atoms with E-state index in [1.54, 1.807) is 0 Å². The molecule has 0 aromatic rings. The first-order valence-corrected chi connectivity index (χ1v) is 26.5. The molecule has 0 saturated carbocycles. The summed E-state index contributed by atoms with van der Waals surface area (Å²) in [6, 6.07) is 0. The van der Waals surface area contributed by atoms with Crippen molar-refractivity contribution in [3.8, 4) is 0 Å². The Morgan fingerprint density at radius 3 is 0.678 bits per heavy atom. The second-order valence-corrected chi connectivity index (χ2v) is 18.2. The van der Waals surface area contributed by atoms with Gasteiger partial charge in [0.25, 0.3) is 0 Å². The summed E-state index contributed by atoms with van der Waals surface area (Å²) in [7, 11) is 0. The van der Waals surface area contributed by atoms with Gasteiger partial charge in [-0.2, -0.15) is 0 Å². The van der Waals surface area contributed by atoms with Crippen molar-refractivity contribution in [1.82, 2.24) is 0 Å². The molecule has 1 atom stereocenters. The number of carbonyl (C=O) groups excluding carboxylic acids is 3. The molecule has 0 spiro atoms. The van der Waals surface area contributed by atoms with E-state index in [1.807, 2.05) is 0 Å². The standard InChI is InChI=1S/C53H102O6/c1-4-7-10-13-15-17-19-20-21-22-23-24-25-26-27-28-29-30-31-32-34-35-37-40-43-46-52(55)58-49-50(48-57-51(54)45-42-39-12-9-6-3)59-53(56)47-44-41-38-36-33-18-16-14-11-8-5-2/h50H,4-49H2,1-3H3. The van der Waals surface area contributed by atoms with Gasteiger partial charge in [0.2, 0.25) is 0 Å². The maximum Gasteiger partial charge on any atom is 0.306 e. The highest BCUT2D eigenvalue weighted by Gasteiger charge is 2.19. The zero-order valence-electron chi connectivity index (χ0n) is 40.1. The predicted molar refractivity (Wildman–Crippen MR) is 252 cm³/mol. The Bertz CT molecular complexity index is 874. The molecule has 6 heteroatoms. The van der Waals surface area contributed by atoms with Crippen LogP contribution in [0, 0.1) is 0 Å². The second kappa shape index (κ2) is 49.1. The molecular formula is C53H102O6. The molecule has 0 fully saturated rings. The molecule has 0 amide bonds. The van der Waals surface area contributed by atoms with Crippen molar-refractivity contribution < 1.29 is 28.6 Å². The summed E-state index contributed by atoms with van der Waals surface area (Å²) in [4.78, 5) is 37.6. The molecule has 0 aliphatic rings. The number of ether oxygens (including phenoxy) is 3. The van der Waals surface area contributed by atoms with Crippen LogP contribution in [0.25, 0.3) is 0 Å². The van der Waals surface area contributed by atoms with Gasteiger partial charge in [-0.25, -0.2) is 0 Å². The average molecular weight is 835 g/mol. The Kier molecular flexibility index (Phi) is 47.7. The molecule has 0 aliphatic carbocycles. The van der Waals surface area contributed by atoms with Crippen LogP contribution < -0.4 is 0 Å². The van der Waals surface area contributed by atoms with E-state index >= 15 is 0 Å². The molecule has 59 heavy (non-hydrogen) atoms. The first-order chi connectivity index (χ1) is 29.0. The molecule has 0 heterocycles. The summed E-state index contributed by atoms with van der Waals surface area (Å²) in [5.74, 6) is -0.861. The highest BCUT2D eigenvalue weighted by atomic mass is 16.6. The van der Waals surface area contributed by atoms with Crippen LogP contribution in [0.2, 0.25) is 0 Å². The number of esters is 3. The molecule has 0 bridgehead atoms. The number of hydrogen-bond acceptors (Lipinski definition) is 6. The fourth-order valence-corrected chi connectivity index (χ4v) is 8.09. The van der Waals surface area contributed by atoms with Gasteiger partial charge in [0.05, 0.1) is 0 Å². The van der Waals surface area contributed by atoms with Crippen LogP contribution in [0.15, 0.2) is 0 Å². The lowest BCUT2D eigenvalue weighted by Gasteiger charge is -2.18.